The summed E-state index contributed by atoms with van der Waals surface area (Å²) in [6.45, 7) is 3.68. The molecule has 0 aromatic heterocycles. The van der Waals surface area contributed by atoms with Gasteiger partial charge in [-0.05, 0) is 55.3 Å². The monoisotopic (exact) mass is 651 g/mol. The number of hydrogen-bond donors (Lipinski definition) is 5. The lowest BCUT2D eigenvalue weighted by Gasteiger charge is -2.34. The zero-order valence-electron chi connectivity index (χ0n) is 23.1. The Morgan fingerprint density at radius 2 is 1.67 bits per heavy atom. The molecule has 2 fully saturated rings. The maximum atomic E-state index is 11.5. The molecule has 2 heterocycles. The van der Waals surface area contributed by atoms with Gasteiger partial charge in [-0.15, -0.1) is 0 Å². The second-order valence-electron chi connectivity index (χ2n) is 10.3. The van der Waals surface area contributed by atoms with Crippen LogP contribution in [0.5, 0.6) is 5.75 Å². The van der Waals surface area contributed by atoms with Gasteiger partial charge in [-0.25, -0.2) is 4.79 Å². The molecule has 2 atom stereocenters. The average Bonchev–Trinajstić information content (AvgIpc) is 3.29. The number of rotatable bonds is 10. The maximum absolute atomic E-state index is 11.5. The molecule has 2 saturated heterocycles. The first-order chi connectivity index (χ1) is 20.3. The van der Waals surface area contributed by atoms with E-state index in [1.807, 2.05) is 17.0 Å². The van der Waals surface area contributed by atoms with Gasteiger partial charge in [0.15, 0.2) is 0 Å². The van der Waals surface area contributed by atoms with Crippen LogP contribution < -0.4 is 15.0 Å². The number of likely N-dealkylation sites (tertiary alicyclic amines) is 1. The summed E-state index contributed by atoms with van der Waals surface area (Å²) in [5.41, 5.74) is 2.48. The number of hydrogen-bond acceptors (Lipinski definition) is 8. The van der Waals surface area contributed by atoms with Crippen molar-refractivity contribution >= 4 is 40.8 Å². The van der Waals surface area contributed by atoms with Gasteiger partial charge in [0.1, 0.15) is 12.4 Å². The minimum Gasteiger partial charge on any atom is -0.490 e. The van der Waals surface area contributed by atoms with E-state index in [1.165, 1.54) is 5.56 Å². The molecule has 15 heteroatoms. The highest BCUT2D eigenvalue weighted by Crippen LogP contribution is 2.35. The highest BCUT2D eigenvalue weighted by molar-refractivity contribution is 6.32. The van der Waals surface area contributed by atoms with Gasteiger partial charge in [0.2, 0.25) is 0 Å². The number of benzene rings is 2. The first-order valence-electron chi connectivity index (χ1n) is 13.5. The molecule has 10 nitrogen and oxygen atoms in total. The Morgan fingerprint density at radius 1 is 1.05 bits per heavy atom. The van der Waals surface area contributed by atoms with Crippen molar-refractivity contribution in [2.24, 2.45) is 0 Å². The van der Waals surface area contributed by atoms with Gasteiger partial charge in [-0.3, -0.25) is 9.69 Å². The lowest BCUT2D eigenvalue weighted by Crippen LogP contribution is -2.49. The zero-order chi connectivity index (χ0) is 31.7. The summed E-state index contributed by atoms with van der Waals surface area (Å²) in [6, 6.07) is 11.4. The largest absolute Gasteiger partial charge is 0.490 e. The Kier molecular flexibility index (Phi) is 12.7. The van der Waals surface area contributed by atoms with Crippen molar-refractivity contribution in [1.29, 1.82) is 0 Å². The Morgan fingerprint density at radius 3 is 2.23 bits per heavy atom. The highest BCUT2D eigenvalue weighted by atomic mass is 35.5. The summed E-state index contributed by atoms with van der Waals surface area (Å²) >= 11 is 12.3. The molecule has 4 rings (SSSR count). The molecule has 0 saturated carbocycles. The Balaban J connectivity index is 0.000000646. The fourth-order valence-electron chi connectivity index (χ4n) is 5.00. The summed E-state index contributed by atoms with van der Waals surface area (Å²) in [6.07, 6.45) is -3.89. The number of aliphatic hydroxyl groups excluding tert-OH is 2. The van der Waals surface area contributed by atoms with Crippen LogP contribution in [0.15, 0.2) is 36.4 Å². The van der Waals surface area contributed by atoms with Crippen LogP contribution in [0.2, 0.25) is 10.0 Å². The van der Waals surface area contributed by atoms with Crippen LogP contribution in [-0.4, -0.2) is 101 Å². The van der Waals surface area contributed by atoms with Gasteiger partial charge in [-0.1, -0.05) is 35.3 Å². The van der Waals surface area contributed by atoms with Gasteiger partial charge in [0, 0.05) is 42.5 Å². The number of nitrogens with one attached hydrogen (secondary N) is 1. The number of piperidine rings is 1. The molecule has 2 aromatic rings. The number of nitrogens with zero attached hydrogens (tertiary/aromatic N) is 2. The van der Waals surface area contributed by atoms with E-state index in [0.717, 1.165) is 37.5 Å². The molecule has 0 bridgehead atoms. The number of β-amino-alcohol motifs (C(OH)–C–C–N with tert-alkyl or cyclic N) is 1. The minimum atomic E-state index is -5.08. The van der Waals surface area contributed by atoms with E-state index in [1.54, 1.807) is 12.1 Å². The second kappa shape index (κ2) is 15.8. The molecule has 2 aliphatic heterocycles. The fourth-order valence-corrected chi connectivity index (χ4v) is 5.37. The van der Waals surface area contributed by atoms with Crippen molar-refractivity contribution in [3.63, 3.8) is 0 Å². The molecule has 1 unspecified atom stereocenters. The van der Waals surface area contributed by atoms with Crippen LogP contribution in [0, 0.1) is 0 Å². The highest BCUT2D eigenvalue weighted by Gasteiger charge is 2.38. The third-order valence-corrected chi connectivity index (χ3v) is 7.60. The van der Waals surface area contributed by atoms with E-state index >= 15 is 0 Å². The number of alkyl halides is 3. The van der Waals surface area contributed by atoms with Crippen molar-refractivity contribution < 1.29 is 47.9 Å². The van der Waals surface area contributed by atoms with Gasteiger partial charge in [0.05, 0.1) is 30.2 Å². The molecule has 2 aliphatic rings. The Labute approximate surface area is 256 Å². The van der Waals surface area contributed by atoms with Crippen LogP contribution in [0.1, 0.15) is 24.0 Å². The number of anilines is 1. The number of aliphatic hydroxyl groups is 2. The first-order valence-corrected chi connectivity index (χ1v) is 14.3. The molecular weight excluding hydrogens is 618 g/mol. The summed E-state index contributed by atoms with van der Waals surface area (Å²) in [5, 5.41) is 41.1. The fraction of sp³-hybridized carbons (Fsp3) is 0.500. The SMILES string of the molecule is O=C(O)C(F)(F)F.O=C(O)Cc1cc(Cl)c(OCCO)cc1N1CC(NC2CCN(Cc3ccc(Cl)cc3)CC2)[C@H](O)C1. The third-order valence-electron chi connectivity index (χ3n) is 7.05. The van der Waals surface area contributed by atoms with Gasteiger partial charge < -0.3 is 35.4 Å². The minimum absolute atomic E-state index is 0.0843. The number of ether oxygens (including phenoxy) is 1. The van der Waals surface area contributed by atoms with Crippen molar-refractivity contribution in [3.05, 3.63) is 57.6 Å². The average molecular weight is 652 g/mol. The summed E-state index contributed by atoms with van der Waals surface area (Å²) in [4.78, 5) is 24.8. The molecule has 43 heavy (non-hydrogen) atoms. The number of carboxylic acids is 2. The predicted molar refractivity (Wildman–Crippen MR) is 154 cm³/mol. The van der Waals surface area contributed by atoms with Crippen LogP contribution in [0.25, 0.3) is 0 Å². The molecule has 2 aromatic carbocycles. The van der Waals surface area contributed by atoms with E-state index < -0.39 is 24.2 Å². The Hall–Kier alpha value is -2.81. The van der Waals surface area contributed by atoms with Crippen molar-refractivity contribution in [2.75, 3.05) is 44.3 Å². The van der Waals surface area contributed by atoms with Crippen LogP contribution in [0.3, 0.4) is 0 Å². The molecule has 0 radical (unpaired) electrons. The standard InChI is InChI=1S/C26H33Cl2N3O5.C2HF3O2/c27-19-3-1-17(2-4-19)14-30-7-5-20(6-8-30)29-22-15-31(16-24(22)33)23-13-25(36-10-9-32)21(28)11-18(23)12-26(34)35;3-2(4,5)1(6)7/h1-4,11,13,20,22,24,29,32-33H,5-10,12,14-16H2,(H,34,35);(H,6,7)/t22?,24-;/m1./s1. The first kappa shape index (κ1) is 34.7. The summed E-state index contributed by atoms with van der Waals surface area (Å²) in [7, 11) is 0. The lowest BCUT2D eigenvalue weighted by molar-refractivity contribution is -0.192. The number of aliphatic carboxylic acids is 2. The number of halogens is 5. The van der Waals surface area contributed by atoms with Crippen LogP contribution in [0.4, 0.5) is 18.9 Å². The van der Waals surface area contributed by atoms with Crippen molar-refractivity contribution in [1.82, 2.24) is 10.2 Å². The normalized spacial score (nSPS) is 19.6. The van der Waals surface area contributed by atoms with Gasteiger partial charge in [-0.2, -0.15) is 13.2 Å². The smallest absolute Gasteiger partial charge is 0.490 e. The van der Waals surface area contributed by atoms with E-state index in [-0.39, 0.29) is 25.7 Å². The summed E-state index contributed by atoms with van der Waals surface area (Å²) in [5.74, 6) is -3.34. The van der Waals surface area contributed by atoms with Crippen LogP contribution in [-0.2, 0) is 22.6 Å². The number of carboxylic acid groups (broad SMARTS) is 2. The second-order valence-corrected chi connectivity index (χ2v) is 11.1. The van der Waals surface area contributed by atoms with E-state index in [2.05, 4.69) is 22.3 Å². The molecule has 5 N–H and O–H groups in total. The van der Waals surface area contributed by atoms with E-state index in [9.17, 15) is 28.2 Å². The zero-order valence-corrected chi connectivity index (χ0v) is 24.6. The molecule has 0 amide bonds. The maximum Gasteiger partial charge on any atom is 0.490 e. The number of carbonyl (C=O) groups is 2. The third kappa shape index (κ3) is 10.7. The van der Waals surface area contributed by atoms with Gasteiger partial charge >= 0.3 is 18.1 Å². The molecule has 0 spiro atoms. The van der Waals surface area contributed by atoms with Crippen molar-refractivity contribution in [2.45, 2.75) is 50.2 Å². The van der Waals surface area contributed by atoms with Gasteiger partial charge in [0.25, 0.3) is 0 Å². The van der Waals surface area contributed by atoms with Crippen LogP contribution >= 0.6 is 23.2 Å². The molecule has 0 aliphatic carbocycles. The topological polar surface area (TPSA) is 143 Å². The predicted octanol–water partition coefficient (Wildman–Crippen LogP) is 3.43. The van der Waals surface area contributed by atoms with E-state index in [0.29, 0.717) is 41.2 Å². The lowest BCUT2D eigenvalue weighted by atomic mass is 10.0. The molecular formula is C28H34Cl2F3N3O7. The summed E-state index contributed by atoms with van der Waals surface area (Å²) < 4.78 is 37.3. The Bertz CT molecular complexity index is 1230. The van der Waals surface area contributed by atoms with Crippen molar-refractivity contribution in [3.8, 4) is 5.75 Å². The van der Waals surface area contributed by atoms with E-state index in [4.69, 9.17) is 42.9 Å². The molecule has 238 valence electrons. The quantitative estimate of drug-likeness (QED) is 0.259.